The van der Waals surface area contributed by atoms with Crippen molar-refractivity contribution in [1.82, 2.24) is 9.34 Å². The van der Waals surface area contributed by atoms with Crippen molar-refractivity contribution in [3.05, 3.63) is 35.4 Å². The Morgan fingerprint density at radius 3 is 1.48 bits per heavy atom. The molecule has 1 aromatic carbocycles. The van der Waals surface area contributed by atoms with Gasteiger partial charge in [0.05, 0.1) is 6.61 Å². The van der Waals surface area contributed by atoms with E-state index in [1.807, 2.05) is 0 Å². The highest BCUT2D eigenvalue weighted by molar-refractivity contribution is 7.47. The van der Waals surface area contributed by atoms with E-state index in [9.17, 15) is 8.78 Å². The minimum Gasteiger partial charge on any atom is -0.326 e. The van der Waals surface area contributed by atoms with E-state index in [4.69, 9.17) is 4.52 Å². The van der Waals surface area contributed by atoms with Crippen LogP contribution in [0.15, 0.2) is 18.2 Å². The standard InChI is InChI=1S/C19H33F2N2OP/c1-13(2)22(14(3)4)25(23(15(5)6)16(7)8)24-12-17-18(20)10-9-11-19(17)21/h9-11,13-16H,12H2,1-8H3. The molecule has 0 saturated heterocycles. The summed E-state index contributed by atoms with van der Waals surface area (Å²) in [5.41, 5.74) is -0.00470. The average molecular weight is 374 g/mol. The highest BCUT2D eigenvalue weighted by Gasteiger charge is 2.34. The van der Waals surface area contributed by atoms with E-state index in [0.29, 0.717) is 0 Å². The zero-order chi connectivity index (χ0) is 19.3. The van der Waals surface area contributed by atoms with Gasteiger partial charge < -0.3 is 4.52 Å². The number of halogens is 2. The normalized spacial score (nSPS) is 12.8. The lowest BCUT2D eigenvalue weighted by atomic mass is 10.2. The summed E-state index contributed by atoms with van der Waals surface area (Å²) in [5, 5.41) is 0. The van der Waals surface area contributed by atoms with Crippen LogP contribution in [0.5, 0.6) is 0 Å². The van der Waals surface area contributed by atoms with Gasteiger partial charge in [0.2, 0.25) is 0 Å². The monoisotopic (exact) mass is 374 g/mol. The first-order valence-corrected chi connectivity index (χ1v) is 10.2. The first kappa shape index (κ1) is 22.4. The molecule has 0 atom stereocenters. The summed E-state index contributed by atoms with van der Waals surface area (Å²) in [6.45, 7) is 16.9. The summed E-state index contributed by atoms with van der Waals surface area (Å²) >= 11 is 0. The molecular weight excluding hydrogens is 341 g/mol. The molecule has 0 radical (unpaired) electrons. The zero-order valence-corrected chi connectivity index (χ0v) is 17.6. The number of rotatable bonds is 9. The van der Waals surface area contributed by atoms with Crippen LogP contribution in [0, 0.1) is 11.6 Å². The van der Waals surface area contributed by atoms with Gasteiger partial charge in [-0.1, -0.05) is 6.07 Å². The van der Waals surface area contributed by atoms with Crippen molar-refractivity contribution in [2.24, 2.45) is 0 Å². The van der Waals surface area contributed by atoms with Crippen LogP contribution in [-0.2, 0) is 11.1 Å². The van der Waals surface area contributed by atoms with Crippen LogP contribution in [0.4, 0.5) is 8.78 Å². The van der Waals surface area contributed by atoms with Crippen molar-refractivity contribution in [1.29, 1.82) is 0 Å². The van der Waals surface area contributed by atoms with Gasteiger partial charge in [0.1, 0.15) is 11.6 Å². The molecule has 0 unspecified atom stereocenters. The Morgan fingerprint density at radius 2 is 1.16 bits per heavy atom. The maximum atomic E-state index is 14.0. The van der Waals surface area contributed by atoms with Gasteiger partial charge in [0.15, 0.2) is 8.45 Å². The van der Waals surface area contributed by atoms with E-state index in [0.717, 1.165) is 0 Å². The van der Waals surface area contributed by atoms with E-state index in [2.05, 4.69) is 64.7 Å². The van der Waals surface area contributed by atoms with Crippen molar-refractivity contribution in [2.75, 3.05) is 0 Å². The molecule has 1 rings (SSSR count). The molecule has 0 amide bonds. The molecule has 0 aromatic heterocycles. The summed E-state index contributed by atoms with van der Waals surface area (Å²) in [5.74, 6) is -1.12. The van der Waals surface area contributed by atoms with Crippen LogP contribution in [0.2, 0.25) is 0 Å². The molecule has 0 bridgehead atoms. The van der Waals surface area contributed by atoms with Crippen molar-refractivity contribution >= 4 is 8.45 Å². The summed E-state index contributed by atoms with van der Waals surface area (Å²) in [6, 6.07) is 4.96. The van der Waals surface area contributed by atoms with Gasteiger partial charge in [0.25, 0.3) is 0 Å². The Balaban J connectivity index is 3.17. The Kier molecular flexibility index (Phi) is 8.90. The third-order valence-electron chi connectivity index (χ3n) is 3.90. The summed E-state index contributed by atoms with van der Waals surface area (Å²) in [6.07, 6.45) is 0. The van der Waals surface area contributed by atoms with Gasteiger partial charge >= 0.3 is 0 Å². The molecule has 0 aliphatic rings. The highest BCUT2D eigenvalue weighted by atomic mass is 31.2. The van der Waals surface area contributed by atoms with Crippen LogP contribution in [-0.4, -0.2) is 33.5 Å². The first-order valence-electron chi connectivity index (χ1n) is 9.00. The summed E-state index contributed by atoms with van der Waals surface area (Å²) in [7, 11) is -1.16. The van der Waals surface area contributed by atoms with Crippen molar-refractivity contribution in [3.8, 4) is 0 Å². The molecule has 0 saturated carbocycles. The van der Waals surface area contributed by atoms with E-state index < -0.39 is 20.1 Å². The smallest absolute Gasteiger partial charge is 0.189 e. The summed E-state index contributed by atoms with van der Waals surface area (Å²) in [4.78, 5) is 0. The molecule has 0 spiro atoms. The van der Waals surface area contributed by atoms with Gasteiger partial charge in [-0.25, -0.2) is 18.1 Å². The number of benzene rings is 1. The lowest BCUT2D eigenvalue weighted by Crippen LogP contribution is -2.43. The average Bonchev–Trinajstić information content (AvgIpc) is 2.44. The second-order valence-electron chi connectivity index (χ2n) is 7.36. The van der Waals surface area contributed by atoms with E-state index in [-0.39, 0.29) is 36.3 Å². The molecule has 3 nitrogen and oxygen atoms in total. The number of nitrogens with zero attached hydrogens (tertiary/aromatic N) is 2. The van der Waals surface area contributed by atoms with Gasteiger partial charge in [0, 0.05) is 29.7 Å². The molecule has 0 heterocycles. The Morgan fingerprint density at radius 1 is 0.800 bits per heavy atom. The summed E-state index contributed by atoms with van der Waals surface area (Å²) < 4.78 is 38.8. The fourth-order valence-corrected chi connectivity index (χ4v) is 5.36. The molecule has 0 N–H and O–H groups in total. The second kappa shape index (κ2) is 9.91. The van der Waals surface area contributed by atoms with Crippen LogP contribution in [0.25, 0.3) is 0 Å². The molecule has 0 aliphatic carbocycles. The lowest BCUT2D eigenvalue weighted by molar-refractivity contribution is 0.179. The minimum atomic E-state index is -1.16. The molecule has 1 aromatic rings. The van der Waals surface area contributed by atoms with E-state index in [1.54, 1.807) is 0 Å². The highest BCUT2D eigenvalue weighted by Crippen LogP contribution is 2.51. The van der Waals surface area contributed by atoms with Crippen LogP contribution in [0.3, 0.4) is 0 Å². The minimum absolute atomic E-state index is 0.00470. The molecular formula is C19H33F2N2OP. The van der Waals surface area contributed by atoms with Gasteiger partial charge in [-0.05, 0) is 67.5 Å². The number of hydrogen-bond donors (Lipinski definition) is 0. The fraction of sp³-hybridized carbons (Fsp3) is 0.684. The van der Waals surface area contributed by atoms with Crippen molar-refractivity contribution in [3.63, 3.8) is 0 Å². The van der Waals surface area contributed by atoms with E-state index >= 15 is 0 Å². The molecule has 6 heteroatoms. The molecule has 0 fully saturated rings. The largest absolute Gasteiger partial charge is 0.326 e. The van der Waals surface area contributed by atoms with E-state index in [1.165, 1.54) is 18.2 Å². The molecule has 0 aliphatic heterocycles. The fourth-order valence-electron chi connectivity index (χ4n) is 3.03. The Labute approximate surface area is 153 Å². The SMILES string of the molecule is CC(C)N(C(C)C)P(OCc1c(F)cccc1F)N(C(C)C)C(C)C. The third-order valence-corrected chi connectivity index (χ3v) is 6.90. The lowest BCUT2D eigenvalue weighted by Gasteiger charge is -2.45. The second-order valence-corrected chi connectivity index (χ2v) is 9.05. The van der Waals surface area contributed by atoms with Crippen LogP contribution >= 0.6 is 8.45 Å². The number of hydrogen-bond acceptors (Lipinski definition) is 3. The van der Waals surface area contributed by atoms with Gasteiger partial charge in [-0.15, -0.1) is 0 Å². The predicted molar refractivity (Wildman–Crippen MR) is 102 cm³/mol. The van der Waals surface area contributed by atoms with Gasteiger partial charge in [-0.3, -0.25) is 0 Å². The first-order chi connectivity index (χ1) is 11.6. The quantitative estimate of drug-likeness (QED) is 0.497. The van der Waals surface area contributed by atoms with Crippen LogP contribution in [0.1, 0.15) is 61.0 Å². The Hall–Kier alpha value is -0.610. The van der Waals surface area contributed by atoms with Crippen LogP contribution < -0.4 is 0 Å². The maximum absolute atomic E-state index is 14.0. The molecule has 144 valence electrons. The zero-order valence-electron chi connectivity index (χ0n) is 16.8. The van der Waals surface area contributed by atoms with Gasteiger partial charge in [-0.2, -0.15) is 0 Å². The third kappa shape index (κ3) is 5.96. The molecule has 25 heavy (non-hydrogen) atoms. The van der Waals surface area contributed by atoms with Crippen molar-refractivity contribution in [2.45, 2.75) is 86.2 Å². The predicted octanol–water partition coefficient (Wildman–Crippen LogP) is 5.95. The maximum Gasteiger partial charge on any atom is 0.189 e. The Bertz CT molecular complexity index is 482. The van der Waals surface area contributed by atoms with Crippen molar-refractivity contribution < 1.29 is 13.3 Å². The topological polar surface area (TPSA) is 15.7 Å².